The summed E-state index contributed by atoms with van der Waals surface area (Å²) in [6.45, 7) is 6.02. The number of carbonyl (C=O) groups excluding carboxylic acids is 1. The number of hydrogen-bond acceptors (Lipinski definition) is 2. The third-order valence-corrected chi connectivity index (χ3v) is 3.23. The molecule has 0 bridgehead atoms. The largest absolute Gasteiger partial charge is 0.469 e. The molecule has 106 valence electrons. The van der Waals surface area contributed by atoms with Crippen LogP contribution in [0.25, 0.3) is 0 Å². The highest BCUT2D eigenvalue weighted by Gasteiger charge is 2.09. The molecule has 1 heterocycles. The minimum Gasteiger partial charge on any atom is -0.469 e. The molecule has 0 aliphatic carbocycles. The van der Waals surface area contributed by atoms with Crippen LogP contribution in [-0.4, -0.2) is 12.1 Å². The molecule has 4 nitrogen and oxygen atoms in total. The number of nitrogens with one attached hydrogen (secondary N) is 2. The summed E-state index contributed by atoms with van der Waals surface area (Å²) in [5.74, 6) is 0.865. The first-order valence-electron chi connectivity index (χ1n) is 6.72. The minimum absolute atomic E-state index is 0.00713. The van der Waals surface area contributed by atoms with Crippen molar-refractivity contribution in [1.82, 2.24) is 5.32 Å². The van der Waals surface area contributed by atoms with E-state index in [2.05, 4.69) is 10.6 Å². The van der Waals surface area contributed by atoms with Gasteiger partial charge < -0.3 is 15.1 Å². The molecule has 0 aliphatic rings. The summed E-state index contributed by atoms with van der Waals surface area (Å²) in [7, 11) is 0. The van der Waals surface area contributed by atoms with Crippen LogP contribution in [0.15, 0.2) is 41.0 Å². The Morgan fingerprint density at radius 1 is 1.25 bits per heavy atom. The van der Waals surface area contributed by atoms with E-state index in [4.69, 9.17) is 4.42 Å². The monoisotopic (exact) mass is 272 g/mol. The standard InChI is InChI=1S/C16H20N2O2/c1-11-6-7-14(9-12(11)2)18-16(19)17-13(3)10-15-5-4-8-20-15/h4-9,13H,10H2,1-3H3,(H2,17,18,19). The minimum atomic E-state index is -0.202. The molecule has 1 unspecified atom stereocenters. The predicted octanol–water partition coefficient (Wildman–Crippen LogP) is 3.65. The fourth-order valence-electron chi connectivity index (χ4n) is 1.99. The molecule has 1 aromatic carbocycles. The summed E-state index contributed by atoms with van der Waals surface area (Å²) in [4.78, 5) is 11.9. The van der Waals surface area contributed by atoms with Gasteiger partial charge in [-0.15, -0.1) is 0 Å². The molecule has 2 rings (SSSR count). The molecule has 0 aliphatic heterocycles. The number of amides is 2. The van der Waals surface area contributed by atoms with Gasteiger partial charge in [-0.25, -0.2) is 4.79 Å². The van der Waals surface area contributed by atoms with Crippen LogP contribution in [0, 0.1) is 13.8 Å². The van der Waals surface area contributed by atoms with Gasteiger partial charge in [0.05, 0.1) is 6.26 Å². The maximum absolute atomic E-state index is 11.9. The van der Waals surface area contributed by atoms with E-state index in [9.17, 15) is 4.79 Å². The number of aryl methyl sites for hydroxylation is 2. The molecule has 2 N–H and O–H groups in total. The number of anilines is 1. The lowest BCUT2D eigenvalue weighted by Gasteiger charge is -2.14. The zero-order valence-electron chi connectivity index (χ0n) is 12.1. The third-order valence-electron chi connectivity index (χ3n) is 3.23. The molecule has 2 aromatic rings. The van der Waals surface area contributed by atoms with Crippen LogP contribution in [0.1, 0.15) is 23.8 Å². The van der Waals surface area contributed by atoms with Gasteiger partial charge in [-0.3, -0.25) is 0 Å². The van der Waals surface area contributed by atoms with Gasteiger partial charge in [0.25, 0.3) is 0 Å². The second-order valence-electron chi connectivity index (χ2n) is 5.08. The van der Waals surface area contributed by atoms with E-state index in [1.54, 1.807) is 6.26 Å². The molecule has 2 amide bonds. The highest BCUT2D eigenvalue weighted by Crippen LogP contribution is 2.14. The van der Waals surface area contributed by atoms with Crippen molar-refractivity contribution in [3.8, 4) is 0 Å². The second-order valence-corrected chi connectivity index (χ2v) is 5.08. The van der Waals surface area contributed by atoms with Crippen LogP contribution in [-0.2, 0) is 6.42 Å². The Balaban J connectivity index is 1.87. The first kappa shape index (κ1) is 14.2. The van der Waals surface area contributed by atoms with Crippen LogP contribution < -0.4 is 10.6 Å². The Bertz CT molecular complexity index is 576. The number of benzene rings is 1. The van der Waals surface area contributed by atoms with E-state index in [1.165, 1.54) is 5.56 Å². The van der Waals surface area contributed by atoms with Crippen LogP contribution >= 0.6 is 0 Å². The Morgan fingerprint density at radius 2 is 2.05 bits per heavy atom. The second kappa shape index (κ2) is 6.28. The number of carbonyl (C=O) groups is 1. The summed E-state index contributed by atoms with van der Waals surface area (Å²) >= 11 is 0. The van der Waals surface area contributed by atoms with Crippen molar-refractivity contribution in [3.05, 3.63) is 53.5 Å². The van der Waals surface area contributed by atoms with Crippen molar-refractivity contribution in [2.45, 2.75) is 33.2 Å². The lowest BCUT2D eigenvalue weighted by molar-refractivity contribution is 0.248. The Labute approximate surface area is 119 Å². The van der Waals surface area contributed by atoms with Gasteiger partial charge in [0.15, 0.2) is 0 Å². The molecular formula is C16H20N2O2. The van der Waals surface area contributed by atoms with Gasteiger partial charge in [0, 0.05) is 18.2 Å². The topological polar surface area (TPSA) is 54.3 Å². The Kier molecular flexibility index (Phi) is 4.45. The number of hydrogen-bond donors (Lipinski definition) is 2. The smallest absolute Gasteiger partial charge is 0.319 e. The van der Waals surface area contributed by atoms with Crippen LogP contribution in [0.2, 0.25) is 0 Å². The molecule has 4 heteroatoms. The summed E-state index contributed by atoms with van der Waals surface area (Å²) < 4.78 is 5.26. The first-order chi connectivity index (χ1) is 9.54. The normalized spacial score (nSPS) is 11.9. The first-order valence-corrected chi connectivity index (χ1v) is 6.72. The maximum atomic E-state index is 11.9. The average molecular weight is 272 g/mol. The zero-order valence-corrected chi connectivity index (χ0v) is 12.1. The van der Waals surface area contributed by atoms with Crippen molar-refractivity contribution in [1.29, 1.82) is 0 Å². The number of urea groups is 1. The van der Waals surface area contributed by atoms with Gasteiger partial charge >= 0.3 is 6.03 Å². The van der Waals surface area contributed by atoms with Crippen LogP contribution in [0.5, 0.6) is 0 Å². The van der Waals surface area contributed by atoms with Crippen LogP contribution in [0.4, 0.5) is 10.5 Å². The molecule has 0 saturated carbocycles. The molecule has 0 saturated heterocycles. The Morgan fingerprint density at radius 3 is 2.70 bits per heavy atom. The fourth-order valence-corrected chi connectivity index (χ4v) is 1.99. The predicted molar refractivity (Wildman–Crippen MR) is 79.9 cm³/mol. The van der Waals surface area contributed by atoms with E-state index in [1.807, 2.05) is 51.1 Å². The molecule has 0 fully saturated rings. The van der Waals surface area contributed by atoms with Gasteiger partial charge in [-0.2, -0.15) is 0 Å². The maximum Gasteiger partial charge on any atom is 0.319 e. The zero-order chi connectivity index (χ0) is 14.5. The molecular weight excluding hydrogens is 252 g/mol. The fraction of sp³-hybridized carbons (Fsp3) is 0.312. The van der Waals surface area contributed by atoms with Gasteiger partial charge in [0.1, 0.15) is 5.76 Å². The Hall–Kier alpha value is -2.23. The summed E-state index contributed by atoms with van der Waals surface area (Å²) in [6, 6.07) is 9.42. The van der Waals surface area contributed by atoms with Crippen molar-refractivity contribution >= 4 is 11.7 Å². The number of furan rings is 1. The van der Waals surface area contributed by atoms with Gasteiger partial charge in [0.2, 0.25) is 0 Å². The number of rotatable bonds is 4. The highest BCUT2D eigenvalue weighted by atomic mass is 16.3. The van der Waals surface area contributed by atoms with E-state index < -0.39 is 0 Å². The molecule has 1 atom stereocenters. The quantitative estimate of drug-likeness (QED) is 0.892. The molecule has 0 radical (unpaired) electrons. The molecule has 1 aromatic heterocycles. The van der Waals surface area contributed by atoms with E-state index in [0.29, 0.717) is 6.42 Å². The summed E-state index contributed by atoms with van der Waals surface area (Å²) in [5, 5.41) is 5.73. The average Bonchev–Trinajstić information content (AvgIpc) is 2.86. The summed E-state index contributed by atoms with van der Waals surface area (Å²) in [6.07, 6.45) is 2.31. The third kappa shape index (κ3) is 3.88. The van der Waals surface area contributed by atoms with Crippen molar-refractivity contribution in [3.63, 3.8) is 0 Å². The van der Waals surface area contributed by atoms with Crippen molar-refractivity contribution in [2.24, 2.45) is 0 Å². The summed E-state index contributed by atoms with van der Waals surface area (Å²) in [5.41, 5.74) is 3.17. The highest BCUT2D eigenvalue weighted by molar-refractivity contribution is 5.89. The van der Waals surface area contributed by atoms with E-state index in [-0.39, 0.29) is 12.1 Å². The molecule has 20 heavy (non-hydrogen) atoms. The van der Waals surface area contributed by atoms with Gasteiger partial charge in [-0.05, 0) is 56.2 Å². The van der Waals surface area contributed by atoms with Gasteiger partial charge in [-0.1, -0.05) is 6.07 Å². The van der Waals surface area contributed by atoms with E-state index >= 15 is 0 Å². The lowest BCUT2D eigenvalue weighted by atomic mass is 10.1. The van der Waals surface area contributed by atoms with Crippen molar-refractivity contribution < 1.29 is 9.21 Å². The molecule has 0 spiro atoms. The van der Waals surface area contributed by atoms with Crippen LogP contribution in [0.3, 0.4) is 0 Å². The van der Waals surface area contributed by atoms with Crippen molar-refractivity contribution in [2.75, 3.05) is 5.32 Å². The lowest BCUT2D eigenvalue weighted by Crippen LogP contribution is -2.37. The SMILES string of the molecule is Cc1ccc(NC(=O)NC(C)Cc2ccco2)cc1C. The van der Waals surface area contributed by atoms with E-state index in [0.717, 1.165) is 17.0 Å².